The van der Waals surface area contributed by atoms with Gasteiger partial charge in [-0.2, -0.15) is 0 Å². The summed E-state index contributed by atoms with van der Waals surface area (Å²) in [5.74, 6) is 0.970. The maximum Gasteiger partial charge on any atom is 0.225 e. The summed E-state index contributed by atoms with van der Waals surface area (Å²) in [5, 5.41) is 9.62. The predicted molar refractivity (Wildman–Crippen MR) is 117 cm³/mol. The van der Waals surface area contributed by atoms with E-state index in [0.29, 0.717) is 19.6 Å². The standard InChI is InChI=1S/C23H30N4O2/c1-24-23(25-13-7-8-14-29-17-18-9-3-2-4-10-18)26-16-19-15-22(28)27-21-12-6-5-11-20(19)21/h2-6,9-12,19H,7-8,13-17H2,1H3,(H,27,28)(H2,24,25,26). The van der Waals surface area contributed by atoms with Gasteiger partial charge in [-0.25, -0.2) is 0 Å². The fourth-order valence-corrected chi connectivity index (χ4v) is 3.42. The highest BCUT2D eigenvalue weighted by Gasteiger charge is 2.24. The SMILES string of the molecule is CN=C(NCCCCOCc1ccccc1)NCC1CC(=O)Nc2ccccc21. The van der Waals surface area contributed by atoms with E-state index in [1.807, 2.05) is 36.4 Å². The number of fused-ring (bicyclic) bond motifs is 1. The van der Waals surface area contributed by atoms with Gasteiger partial charge in [0.05, 0.1) is 6.61 Å². The lowest BCUT2D eigenvalue weighted by Crippen LogP contribution is -2.41. The van der Waals surface area contributed by atoms with Crippen molar-refractivity contribution in [2.75, 3.05) is 32.1 Å². The Morgan fingerprint density at radius 2 is 1.90 bits per heavy atom. The van der Waals surface area contributed by atoms with Crippen LogP contribution in [0.15, 0.2) is 59.6 Å². The second-order valence-electron chi connectivity index (χ2n) is 7.16. The molecule has 1 amide bonds. The molecule has 1 unspecified atom stereocenters. The van der Waals surface area contributed by atoms with E-state index in [1.54, 1.807) is 7.05 Å². The molecule has 1 heterocycles. The third-order valence-corrected chi connectivity index (χ3v) is 4.97. The van der Waals surface area contributed by atoms with Crippen molar-refractivity contribution in [2.45, 2.75) is 31.8 Å². The van der Waals surface area contributed by atoms with Crippen LogP contribution in [0, 0.1) is 0 Å². The van der Waals surface area contributed by atoms with Crippen molar-refractivity contribution in [3.05, 3.63) is 65.7 Å². The zero-order valence-electron chi connectivity index (χ0n) is 17.0. The normalized spacial score (nSPS) is 16.1. The van der Waals surface area contributed by atoms with Gasteiger partial charge in [0.1, 0.15) is 0 Å². The van der Waals surface area contributed by atoms with E-state index in [-0.39, 0.29) is 11.8 Å². The summed E-state index contributed by atoms with van der Waals surface area (Å²) in [7, 11) is 1.76. The maximum atomic E-state index is 11.9. The number of rotatable bonds is 9. The first-order valence-electron chi connectivity index (χ1n) is 10.2. The fourth-order valence-electron chi connectivity index (χ4n) is 3.42. The molecule has 29 heavy (non-hydrogen) atoms. The van der Waals surface area contributed by atoms with E-state index >= 15 is 0 Å². The fraction of sp³-hybridized carbons (Fsp3) is 0.391. The molecule has 2 aromatic rings. The molecule has 0 spiro atoms. The van der Waals surface area contributed by atoms with Crippen molar-refractivity contribution in [1.82, 2.24) is 10.6 Å². The Morgan fingerprint density at radius 3 is 2.72 bits per heavy atom. The highest BCUT2D eigenvalue weighted by atomic mass is 16.5. The third-order valence-electron chi connectivity index (χ3n) is 4.97. The van der Waals surface area contributed by atoms with Gasteiger partial charge >= 0.3 is 0 Å². The van der Waals surface area contributed by atoms with Crippen molar-refractivity contribution in [2.24, 2.45) is 4.99 Å². The molecule has 154 valence electrons. The summed E-state index contributed by atoms with van der Waals surface area (Å²) in [6, 6.07) is 18.2. The number of nitrogens with one attached hydrogen (secondary N) is 3. The minimum atomic E-state index is 0.0638. The van der Waals surface area contributed by atoms with E-state index < -0.39 is 0 Å². The number of hydrogen-bond acceptors (Lipinski definition) is 3. The quantitative estimate of drug-likeness (QED) is 0.347. The van der Waals surface area contributed by atoms with Crippen molar-refractivity contribution in [1.29, 1.82) is 0 Å². The van der Waals surface area contributed by atoms with Crippen LogP contribution in [-0.2, 0) is 16.1 Å². The van der Waals surface area contributed by atoms with E-state index in [4.69, 9.17) is 4.74 Å². The zero-order chi connectivity index (χ0) is 20.3. The minimum absolute atomic E-state index is 0.0638. The summed E-state index contributed by atoms with van der Waals surface area (Å²) in [6.07, 6.45) is 2.48. The Labute approximate surface area is 172 Å². The number of anilines is 1. The molecule has 0 aromatic heterocycles. The Kier molecular flexibility index (Phi) is 8.07. The molecule has 0 aliphatic carbocycles. The zero-order valence-corrected chi connectivity index (χ0v) is 17.0. The van der Waals surface area contributed by atoms with Crippen molar-refractivity contribution >= 4 is 17.6 Å². The number of ether oxygens (including phenoxy) is 1. The van der Waals surface area contributed by atoms with E-state index in [9.17, 15) is 4.79 Å². The molecular formula is C23H30N4O2. The molecule has 0 saturated heterocycles. The maximum absolute atomic E-state index is 11.9. The van der Waals surface area contributed by atoms with Gasteiger partial charge < -0.3 is 20.7 Å². The second-order valence-corrected chi connectivity index (χ2v) is 7.16. The molecule has 0 fully saturated rings. The molecule has 0 bridgehead atoms. The lowest BCUT2D eigenvalue weighted by atomic mass is 9.90. The lowest BCUT2D eigenvalue weighted by molar-refractivity contribution is -0.116. The van der Waals surface area contributed by atoms with E-state index in [2.05, 4.69) is 39.1 Å². The van der Waals surface area contributed by atoms with Gasteiger partial charge in [0.2, 0.25) is 5.91 Å². The molecule has 3 N–H and O–H groups in total. The average Bonchev–Trinajstić information content (AvgIpc) is 2.75. The van der Waals surface area contributed by atoms with Crippen molar-refractivity contribution in [3.8, 4) is 0 Å². The molecule has 0 radical (unpaired) electrons. The Hall–Kier alpha value is -2.86. The summed E-state index contributed by atoms with van der Waals surface area (Å²) >= 11 is 0. The lowest BCUT2D eigenvalue weighted by Gasteiger charge is -2.26. The first-order valence-corrected chi connectivity index (χ1v) is 10.2. The number of amides is 1. The highest BCUT2D eigenvalue weighted by molar-refractivity contribution is 5.94. The highest BCUT2D eigenvalue weighted by Crippen LogP contribution is 2.31. The Bertz CT molecular complexity index is 808. The average molecular weight is 395 g/mol. The monoisotopic (exact) mass is 394 g/mol. The second kappa shape index (κ2) is 11.2. The van der Waals surface area contributed by atoms with Gasteiger partial charge in [-0.05, 0) is 30.0 Å². The molecule has 1 aliphatic rings. The van der Waals surface area contributed by atoms with Gasteiger partial charge in [-0.15, -0.1) is 0 Å². The number of benzene rings is 2. The number of nitrogens with zero attached hydrogens (tertiary/aromatic N) is 1. The minimum Gasteiger partial charge on any atom is -0.377 e. The third kappa shape index (κ3) is 6.61. The first-order chi connectivity index (χ1) is 14.3. The number of carbonyl (C=O) groups excluding carboxylic acids is 1. The van der Waals surface area contributed by atoms with Crippen LogP contribution in [0.1, 0.15) is 36.3 Å². The molecular weight excluding hydrogens is 364 g/mol. The van der Waals surface area contributed by atoms with Gasteiger partial charge in [0.15, 0.2) is 5.96 Å². The number of carbonyl (C=O) groups is 1. The van der Waals surface area contributed by atoms with Crippen LogP contribution in [0.4, 0.5) is 5.69 Å². The summed E-state index contributed by atoms with van der Waals surface area (Å²) in [6.45, 7) is 2.91. The molecule has 6 nitrogen and oxygen atoms in total. The van der Waals surface area contributed by atoms with Crippen LogP contribution >= 0.6 is 0 Å². The van der Waals surface area contributed by atoms with E-state index in [0.717, 1.165) is 37.6 Å². The van der Waals surface area contributed by atoms with Gasteiger partial charge in [0, 0.05) is 44.8 Å². The summed E-state index contributed by atoms with van der Waals surface area (Å²) in [4.78, 5) is 16.2. The molecule has 3 rings (SSSR count). The Morgan fingerprint density at radius 1 is 1.10 bits per heavy atom. The Balaban J connectivity index is 1.32. The summed E-state index contributed by atoms with van der Waals surface area (Å²) < 4.78 is 5.71. The van der Waals surface area contributed by atoms with Crippen molar-refractivity contribution in [3.63, 3.8) is 0 Å². The van der Waals surface area contributed by atoms with Crippen LogP contribution in [0.5, 0.6) is 0 Å². The van der Waals surface area contributed by atoms with Gasteiger partial charge in [-0.3, -0.25) is 9.79 Å². The van der Waals surface area contributed by atoms with E-state index in [1.165, 1.54) is 11.1 Å². The molecule has 6 heteroatoms. The first kappa shape index (κ1) is 20.9. The van der Waals surface area contributed by atoms with Crippen LogP contribution in [0.3, 0.4) is 0 Å². The van der Waals surface area contributed by atoms with Gasteiger partial charge in [-0.1, -0.05) is 48.5 Å². The van der Waals surface area contributed by atoms with Crippen LogP contribution in [0.25, 0.3) is 0 Å². The van der Waals surface area contributed by atoms with Crippen molar-refractivity contribution < 1.29 is 9.53 Å². The smallest absolute Gasteiger partial charge is 0.225 e. The number of hydrogen-bond donors (Lipinski definition) is 3. The van der Waals surface area contributed by atoms with Crippen LogP contribution < -0.4 is 16.0 Å². The number of unbranched alkanes of at least 4 members (excludes halogenated alkanes) is 1. The largest absolute Gasteiger partial charge is 0.377 e. The molecule has 2 aromatic carbocycles. The van der Waals surface area contributed by atoms with Crippen LogP contribution in [-0.4, -0.2) is 38.6 Å². The van der Waals surface area contributed by atoms with Crippen LogP contribution in [0.2, 0.25) is 0 Å². The molecule has 0 saturated carbocycles. The predicted octanol–water partition coefficient (Wildman–Crippen LogP) is 3.27. The topological polar surface area (TPSA) is 74.8 Å². The number of aliphatic imine (C=N–C) groups is 1. The molecule has 1 aliphatic heterocycles. The molecule has 1 atom stereocenters. The van der Waals surface area contributed by atoms with Gasteiger partial charge in [0.25, 0.3) is 0 Å². The number of guanidine groups is 1. The summed E-state index contributed by atoms with van der Waals surface area (Å²) in [5.41, 5.74) is 3.29. The number of para-hydroxylation sites is 1.